The van der Waals surface area contributed by atoms with Crippen LogP contribution in [0.5, 0.6) is 0 Å². The molecule has 0 fully saturated rings. The van der Waals surface area contributed by atoms with Crippen LogP contribution >= 0.6 is 0 Å². The molecule has 21 heavy (non-hydrogen) atoms. The summed E-state index contributed by atoms with van der Waals surface area (Å²) in [5.74, 6) is 0.683. The molecule has 0 N–H and O–H groups in total. The van der Waals surface area contributed by atoms with Crippen molar-refractivity contribution >= 4 is 5.78 Å². The molecule has 0 radical (unpaired) electrons. The fourth-order valence-corrected chi connectivity index (χ4v) is 2.70. The van der Waals surface area contributed by atoms with E-state index in [-0.39, 0.29) is 5.78 Å². The first kappa shape index (κ1) is 17.7. The van der Waals surface area contributed by atoms with Gasteiger partial charge in [0.05, 0.1) is 0 Å². The summed E-state index contributed by atoms with van der Waals surface area (Å²) >= 11 is 0. The number of rotatable bonds is 11. The molecule has 0 aliphatic rings. The zero-order chi connectivity index (χ0) is 15.5. The number of Topliss-reactive ketones (excluding diaryl/α,β-unsaturated/α-hetero) is 1. The second-order valence-corrected chi connectivity index (χ2v) is 6.17. The van der Waals surface area contributed by atoms with E-state index in [0.717, 1.165) is 12.8 Å². The first-order chi connectivity index (χ1) is 10.1. The van der Waals surface area contributed by atoms with Crippen LogP contribution in [0.15, 0.2) is 42.5 Å². The van der Waals surface area contributed by atoms with Gasteiger partial charge in [-0.05, 0) is 36.8 Å². The summed E-state index contributed by atoms with van der Waals surface area (Å²) in [6.07, 6.45) is 9.27. The van der Waals surface area contributed by atoms with Crippen molar-refractivity contribution < 1.29 is 4.79 Å². The molecule has 1 atom stereocenters. The molecule has 1 rings (SSSR count). The van der Waals surface area contributed by atoms with Crippen LogP contribution in [0.3, 0.4) is 0 Å². The van der Waals surface area contributed by atoms with Crippen LogP contribution in [0.25, 0.3) is 0 Å². The van der Waals surface area contributed by atoms with E-state index in [0.29, 0.717) is 17.9 Å². The van der Waals surface area contributed by atoms with E-state index in [1.807, 2.05) is 13.0 Å². The zero-order valence-electron chi connectivity index (χ0n) is 13.7. The lowest BCUT2D eigenvalue weighted by molar-refractivity contribution is -0.116. The largest absolute Gasteiger partial charge is 0.295 e. The Morgan fingerprint density at radius 1 is 1.10 bits per heavy atom. The van der Waals surface area contributed by atoms with Crippen LogP contribution in [-0.2, 0) is 11.2 Å². The molecule has 0 amide bonds. The monoisotopic (exact) mass is 286 g/mol. The highest BCUT2D eigenvalue weighted by Gasteiger charge is 2.15. The van der Waals surface area contributed by atoms with Crippen molar-refractivity contribution in [1.29, 1.82) is 0 Å². The lowest BCUT2D eigenvalue weighted by Gasteiger charge is -2.16. The van der Waals surface area contributed by atoms with Gasteiger partial charge in [0.2, 0.25) is 0 Å². The predicted molar refractivity (Wildman–Crippen MR) is 91.5 cm³/mol. The topological polar surface area (TPSA) is 17.1 Å². The third-order valence-corrected chi connectivity index (χ3v) is 4.03. The van der Waals surface area contributed by atoms with Crippen molar-refractivity contribution in [3.8, 4) is 0 Å². The number of carbonyl (C=O) groups is 1. The number of benzene rings is 1. The van der Waals surface area contributed by atoms with Gasteiger partial charge in [-0.15, -0.1) is 0 Å². The van der Waals surface area contributed by atoms with E-state index < -0.39 is 0 Å². The Bertz CT molecular complexity index is 419. The molecular weight excluding hydrogens is 256 g/mol. The highest BCUT2D eigenvalue weighted by atomic mass is 16.1. The minimum Gasteiger partial charge on any atom is -0.295 e. The van der Waals surface area contributed by atoms with Crippen LogP contribution < -0.4 is 0 Å². The maximum atomic E-state index is 12.0. The smallest absolute Gasteiger partial charge is 0.158 e. The summed E-state index contributed by atoms with van der Waals surface area (Å²) in [4.78, 5) is 12.0. The first-order valence-electron chi connectivity index (χ1n) is 8.36. The van der Waals surface area contributed by atoms with E-state index in [1.54, 1.807) is 0 Å². The van der Waals surface area contributed by atoms with Gasteiger partial charge < -0.3 is 0 Å². The Labute approximate surface area is 130 Å². The second kappa shape index (κ2) is 10.4. The predicted octanol–water partition coefficient (Wildman–Crippen LogP) is 5.74. The van der Waals surface area contributed by atoms with Gasteiger partial charge in [0.1, 0.15) is 0 Å². The minimum absolute atomic E-state index is 0.226. The second-order valence-electron chi connectivity index (χ2n) is 6.17. The van der Waals surface area contributed by atoms with Crippen molar-refractivity contribution in [2.24, 2.45) is 5.92 Å². The summed E-state index contributed by atoms with van der Waals surface area (Å²) in [6.45, 7) is 7.85. The maximum Gasteiger partial charge on any atom is 0.158 e. The molecule has 0 aliphatic carbocycles. The molecule has 0 aromatic heterocycles. The lowest BCUT2D eigenvalue weighted by atomic mass is 9.88. The van der Waals surface area contributed by atoms with Crippen LogP contribution in [0.2, 0.25) is 0 Å². The summed E-state index contributed by atoms with van der Waals surface area (Å²) < 4.78 is 0. The van der Waals surface area contributed by atoms with E-state index in [1.165, 1.54) is 37.7 Å². The van der Waals surface area contributed by atoms with Crippen LogP contribution in [0.4, 0.5) is 0 Å². The van der Waals surface area contributed by atoms with Crippen molar-refractivity contribution in [2.45, 2.75) is 65.2 Å². The molecule has 0 heterocycles. The Hall–Kier alpha value is -1.37. The van der Waals surface area contributed by atoms with Gasteiger partial charge in [-0.25, -0.2) is 0 Å². The van der Waals surface area contributed by atoms with Crippen LogP contribution in [0, 0.1) is 5.92 Å². The number of allylic oxidation sites excluding steroid dienone is 1. The normalized spacial score (nSPS) is 12.1. The van der Waals surface area contributed by atoms with E-state index in [9.17, 15) is 4.79 Å². The SMILES string of the molecule is C=C(C)C(=O)CC(CCCCCCC)Cc1ccccc1. The quantitative estimate of drug-likeness (QED) is 0.374. The van der Waals surface area contributed by atoms with Gasteiger partial charge in [-0.3, -0.25) is 4.79 Å². The van der Waals surface area contributed by atoms with Crippen molar-refractivity contribution in [3.05, 3.63) is 48.0 Å². The molecule has 0 bridgehead atoms. The molecule has 1 unspecified atom stereocenters. The molecular formula is C20H30O. The minimum atomic E-state index is 0.226. The molecule has 1 aromatic rings. The number of ketones is 1. The molecule has 0 saturated carbocycles. The number of hydrogen-bond acceptors (Lipinski definition) is 1. The first-order valence-corrected chi connectivity index (χ1v) is 8.36. The third kappa shape index (κ3) is 7.84. The Balaban J connectivity index is 2.49. The molecule has 0 aliphatic heterocycles. The van der Waals surface area contributed by atoms with Crippen LogP contribution in [0.1, 0.15) is 64.4 Å². The van der Waals surface area contributed by atoms with Gasteiger partial charge >= 0.3 is 0 Å². The van der Waals surface area contributed by atoms with Gasteiger partial charge in [-0.1, -0.05) is 75.9 Å². The fraction of sp³-hybridized carbons (Fsp3) is 0.550. The molecule has 0 spiro atoms. The van der Waals surface area contributed by atoms with Gasteiger partial charge in [0.25, 0.3) is 0 Å². The van der Waals surface area contributed by atoms with Crippen molar-refractivity contribution in [3.63, 3.8) is 0 Å². The summed E-state index contributed by atoms with van der Waals surface area (Å²) in [5.41, 5.74) is 2.03. The third-order valence-electron chi connectivity index (χ3n) is 4.03. The van der Waals surface area contributed by atoms with Crippen molar-refractivity contribution in [2.75, 3.05) is 0 Å². The maximum absolute atomic E-state index is 12.0. The number of unbranched alkanes of at least 4 members (excludes halogenated alkanes) is 4. The zero-order valence-corrected chi connectivity index (χ0v) is 13.7. The van der Waals surface area contributed by atoms with Crippen LogP contribution in [-0.4, -0.2) is 5.78 Å². The van der Waals surface area contributed by atoms with Crippen molar-refractivity contribution in [1.82, 2.24) is 0 Å². The average Bonchev–Trinajstić information content (AvgIpc) is 2.47. The van der Waals surface area contributed by atoms with E-state index in [2.05, 4.69) is 37.8 Å². The molecule has 116 valence electrons. The van der Waals surface area contributed by atoms with Gasteiger partial charge in [0, 0.05) is 6.42 Å². The lowest BCUT2D eigenvalue weighted by Crippen LogP contribution is -2.12. The molecule has 1 nitrogen and oxygen atoms in total. The molecule has 0 saturated heterocycles. The Kier molecular flexibility index (Phi) is 8.73. The van der Waals surface area contributed by atoms with E-state index in [4.69, 9.17) is 0 Å². The Morgan fingerprint density at radius 3 is 2.38 bits per heavy atom. The Morgan fingerprint density at radius 2 is 1.76 bits per heavy atom. The summed E-state index contributed by atoms with van der Waals surface area (Å²) in [5, 5.41) is 0. The fourth-order valence-electron chi connectivity index (χ4n) is 2.70. The van der Waals surface area contributed by atoms with Gasteiger partial charge in [0.15, 0.2) is 5.78 Å². The summed E-state index contributed by atoms with van der Waals surface area (Å²) in [6, 6.07) is 10.5. The number of hydrogen-bond donors (Lipinski definition) is 0. The molecule has 1 aromatic carbocycles. The highest BCUT2D eigenvalue weighted by Crippen LogP contribution is 2.21. The summed E-state index contributed by atoms with van der Waals surface area (Å²) in [7, 11) is 0. The van der Waals surface area contributed by atoms with Gasteiger partial charge in [-0.2, -0.15) is 0 Å². The highest BCUT2D eigenvalue weighted by molar-refractivity contribution is 5.94. The average molecular weight is 286 g/mol. The molecule has 1 heteroatoms. The number of carbonyl (C=O) groups excluding carboxylic acids is 1. The standard InChI is InChI=1S/C20H30O/c1-4-5-6-7-9-14-19(16-20(21)17(2)3)15-18-12-10-8-11-13-18/h8,10-13,19H,2,4-7,9,14-16H2,1,3H3. The van der Waals surface area contributed by atoms with E-state index >= 15 is 0 Å².